The minimum Gasteiger partial charge on any atom is -0.284 e. The number of rotatable bonds is 2. The van der Waals surface area contributed by atoms with Crippen LogP contribution in [0, 0.1) is 6.92 Å². The van der Waals surface area contributed by atoms with E-state index in [1.54, 1.807) is 7.05 Å². The fraction of sp³-hybridized carbons (Fsp3) is 0.300. The van der Waals surface area contributed by atoms with Crippen LogP contribution in [0.4, 0.5) is 0 Å². The Morgan fingerprint density at radius 1 is 1.46 bits per heavy atom. The largest absolute Gasteiger partial charge is 0.284 e. The van der Waals surface area contributed by atoms with E-state index >= 15 is 0 Å². The highest BCUT2D eigenvalue weighted by molar-refractivity contribution is 5.78. The van der Waals surface area contributed by atoms with E-state index in [2.05, 4.69) is 0 Å². The highest BCUT2D eigenvalue weighted by Crippen LogP contribution is 2.07. The topological polar surface area (TPSA) is 46.3 Å². The van der Waals surface area contributed by atoms with E-state index in [9.17, 15) is 4.79 Å². The number of likely N-dealkylation sites (N-methyl/N-ethyl adjacent to an activating group) is 1. The van der Waals surface area contributed by atoms with Gasteiger partial charge in [0.15, 0.2) is 0 Å². The zero-order valence-corrected chi connectivity index (χ0v) is 7.95. The molecule has 3 heteroatoms. The van der Waals surface area contributed by atoms with Gasteiger partial charge >= 0.3 is 0 Å². The Morgan fingerprint density at radius 3 is 2.62 bits per heavy atom. The van der Waals surface area contributed by atoms with Gasteiger partial charge in [0.25, 0.3) is 0 Å². The molecule has 0 radical (unpaired) electrons. The van der Waals surface area contributed by atoms with Gasteiger partial charge in [-0.2, -0.15) is 0 Å². The normalized spacial score (nSPS) is 9.77. The summed E-state index contributed by atoms with van der Waals surface area (Å²) in [6.45, 7) is 1.99. The summed E-state index contributed by atoms with van der Waals surface area (Å²) < 4.78 is 0. The van der Waals surface area contributed by atoms with Gasteiger partial charge in [0.05, 0.1) is 6.42 Å². The first-order valence-electron chi connectivity index (χ1n) is 4.17. The molecule has 1 aromatic rings. The highest BCUT2D eigenvalue weighted by atomic mass is 16.2. The second-order valence-corrected chi connectivity index (χ2v) is 3.11. The number of amides is 1. The van der Waals surface area contributed by atoms with Crippen molar-refractivity contribution in [2.75, 3.05) is 7.05 Å². The first kappa shape index (κ1) is 9.74. The van der Waals surface area contributed by atoms with E-state index in [0.717, 1.165) is 16.1 Å². The Morgan fingerprint density at radius 2 is 2.08 bits per heavy atom. The second kappa shape index (κ2) is 4.05. The molecule has 3 nitrogen and oxygen atoms in total. The predicted molar refractivity (Wildman–Crippen MR) is 51.8 cm³/mol. The molecule has 0 saturated carbocycles. The monoisotopic (exact) mass is 178 g/mol. The average Bonchev–Trinajstić information content (AvgIpc) is 2.08. The van der Waals surface area contributed by atoms with E-state index in [0.29, 0.717) is 6.42 Å². The van der Waals surface area contributed by atoms with Crippen molar-refractivity contribution in [1.29, 1.82) is 0 Å². The summed E-state index contributed by atoms with van der Waals surface area (Å²) in [5.74, 6) is 5.24. The standard InChI is InChI=1S/C10H14N2O/c1-8-5-3-4-6-9(8)7-10(13)12(2)11/h3-6H,7,11H2,1-2H3. The lowest BCUT2D eigenvalue weighted by molar-refractivity contribution is -0.129. The molecule has 1 rings (SSSR count). The molecule has 0 saturated heterocycles. The van der Waals surface area contributed by atoms with Crippen molar-refractivity contribution in [2.45, 2.75) is 13.3 Å². The van der Waals surface area contributed by atoms with Crippen LogP contribution in [0.15, 0.2) is 24.3 Å². The molecule has 1 amide bonds. The number of nitrogens with two attached hydrogens (primary N) is 1. The van der Waals surface area contributed by atoms with Gasteiger partial charge in [0.1, 0.15) is 0 Å². The van der Waals surface area contributed by atoms with Gasteiger partial charge in [-0.1, -0.05) is 24.3 Å². The molecular formula is C10H14N2O. The second-order valence-electron chi connectivity index (χ2n) is 3.11. The number of hydrogen-bond donors (Lipinski definition) is 1. The van der Waals surface area contributed by atoms with E-state index in [-0.39, 0.29) is 5.91 Å². The van der Waals surface area contributed by atoms with Crippen molar-refractivity contribution in [3.8, 4) is 0 Å². The summed E-state index contributed by atoms with van der Waals surface area (Å²) in [5.41, 5.74) is 2.16. The van der Waals surface area contributed by atoms with Gasteiger partial charge in [-0.3, -0.25) is 9.80 Å². The van der Waals surface area contributed by atoms with Crippen molar-refractivity contribution in [3.05, 3.63) is 35.4 Å². The maximum atomic E-state index is 11.3. The minimum absolute atomic E-state index is 0.0747. The zero-order chi connectivity index (χ0) is 9.84. The SMILES string of the molecule is Cc1ccccc1CC(=O)N(C)N. The number of benzene rings is 1. The van der Waals surface area contributed by atoms with Crippen LogP contribution in [0.5, 0.6) is 0 Å². The summed E-state index contributed by atoms with van der Waals surface area (Å²) in [6, 6.07) is 7.80. The maximum absolute atomic E-state index is 11.3. The Hall–Kier alpha value is -1.35. The van der Waals surface area contributed by atoms with Crippen molar-refractivity contribution in [3.63, 3.8) is 0 Å². The summed E-state index contributed by atoms with van der Waals surface area (Å²) in [6.07, 6.45) is 0.375. The fourth-order valence-corrected chi connectivity index (χ4v) is 1.10. The summed E-state index contributed by atoms with van der Waals surface area (Å²) in [4.78, 5) is 11.3. The van der Waals surface area contributed by atoms with Crippen LogP contribution in [-0.4, -0.2) is 18.0 Å². The third kappa shape index (κ3) is 2.56. The molecule has 0 aliphatic rings. The van der Waals surface area contributed by atoms with Crippen molar-refractivity contribution < 1.29 is 4.79 Å². The van der Waals surface area contributed by atoms with Crippen LogP contribution in [0.3, 0.4) is 0 Å². The first-order chi connectivity index (χ1) is 6.11. The third-order valence-corrected chi connectivity index (χ3v) is 2.00. The van der Waals surface area contributed by atoms with E-state index in [4.69, 9.17) is 5.84 Å². The predicted octanol–water partition coefficient (Wildman–Crippen LogP) is 0.870. The number of aryl methyl sites for hydroxylation is 1. The highest BCUT2D eigenvalue weighted by Gasteiger charge is 2.06. The Balaban J connectivity index is 2.75. The molecule has 2 N–H and O–H groups in total. The lowest BCUT2D eigenvalue weighted by atomic mass is 10.1. The fourth-order valence-electron chi connectivity index (χ4n) is 1.10. The van der Waals surface area contributed by atoms with Gasteiger partial charge in [-0.15, -0.1) is 0 Å². The molecule has 70 valence electrons. The van der Waals surface area contributed by atoms with Gasteiger partial charge in [0.2, 0.25) is 5.91 Å². The van der Waals surface area contributed by atoms with Gasteiger partial charge in [0, 0.05) is 7.05 Å². The van der Waals surface area contributed by atoms with Crippen LogP contribution in [-0.2, 0) is 11.2 Å². The summed E-state index contributed by atoms with van der Waals surface area (Å²) in [7, 11) is 1.56. The van der Waals surface area contributed by atoms with Crippen molar-refractivity contribution >= 4 is 5.91 Å². The molecule has 0 spiro atoms. The van der Waals surface area contributed by atoms with Gasteiger partial charge < -0.3 is 0 Å². The number of carbonyl (C=O) groups excluding carboxylic acids is 1. The number of carbonyl (C=O) groups is 1. The maximum Gasteiger partial charge on any atom is 0.240 e. The van der Waals surface area contributed by atoms with Crippen LogP contribution < -0.4 is 5.84 Å². The van der Waals surface area contributed by atoms with Crippen LogP contribution in [0.1, 0.15) is 11.1 Å². The molecule has 0 bridgehead atoms. The Kier molecular flexibility index (Phi) is 3.03. The summed E-state index contributed by atoms with van der Waals surface area (Å²) >= 11 is 0. The average molecular weight is 178 g/mol. The molecule has 0 unspecified atom stereocenters. The minimum atomic E-state index is -0.0747. The molecule has 0 fully saturated rings. The smallest absolute Gasteiger partial charge is 0.240 e. The molecule has 0 atom stereocenters. The number of hydrazine groups is 1. The van der Waals surface area contributed by atoms with Crippen molar-refractivity contribution in [2.24, 2.45) is 5.84 Å². The molecular weight excluding hydrogens is 164 g/mol. The lowest BCUT2D eigenvalue weighted by Crippen LogP contribution is -2.34. The number of nitrogens with zero attached hydrogens (tertiary/aromatic N) is 1. The molecule has 0 aromatic heterocycles. The van der Waals surface area contributed by atoms with Crippen molar-refractivity contribution in [1.82, 2.24) is 5.01 Å². The van der Waals surface area contributed by atoms with Gasteiger partial charge in [-0.05, 0) is 18.1 Å². The zero-order valence-electron chi connectivity index (χ0n) is 7.95. The Labute approximate surface area is 78.1 Å². The molecule has 13 heavy (non-hydrogen) atoms. The number of hydrogen-bond acceptors (Lipinski definition) is 2. The molecule has 0 heterocycles. The molecule has 0 aliphatic carbocycles. The summed E-state index contributed by atoms with van der Waals surface area (Å²) in [5, 5.41) is 1.12. The van der Waals surface area contributed by atoms with Gasteiger partial charge in [-0.25, -0.2) is 5.84 Å². The van der Waals surface area contributed by atoms with E-state index in [1.165, 1.54) is 0 Å². The van der Waals surface area contributed by atoms with E-state index < -0.39 is 0 Å². The third-order valence-electron chi connectivity index (χ3n) is 2.00. The first-order valence-corrected chi connectivity index (χ1v) is 4.17. The van der Waals surface area contributed by atoms with Crippen LogP contribution in [0.2, 0.25) is 0 Å². The Bertz CT molecular complexity index is 308. The van der Waals surface area contributed by atoms with Crippen LogP contribution >= 0.6 is 0 Å². The lowest BCUT2D eigenvalue weighted by Gasteiger charge is -2.10. The quantitative estimate of drug-likeness (QED) is 0.415. The molecule has 1 aromatic carbocycles. The van der Waals surface area contributed by atoms with Crippen LogP contribution in [0.25, 0.3) is 0 Å². The molecule has 0 aliphatic heterocycles. The van der Waals surface area contributed by atoms with E-state index in [1.807, 2.05) is 31.2 Å².